The number of fused-ring (bicyclic) bond motifs is 1. The lowest BCUT2D eigenvalue weighted by Gasteiger charge is -2.17. The lowest BCUT2D eigenvalue weighted by molar-refractivity contribution is -0.114. The van der Waals surface area contributed by atoms with Gasteiger partial charge in [0.25, 0.3) is 0 Å². The van der Waals surface area contributed by atoms with Crippen LogP contribution in [0.5, 0.6) is 5.75 Å². The molecule has 0 radical (unpaired) electrons. The van der Waals surface area contributed by atoms with Crippen LogP contribution in [-0.4, -0.2) is 12.4 Å². The van der Waals surface area contributed by atoms with Crippen LogP contribution in [0.1, 0.15) is 51.2 Å². The quantitative estimate of drug-likeness (QED) is 0.742. The summed E-state index contributed by atoms with van der Waals surface area (Å²) < 4.78 is 5.79. The second kappa shape index (κ2) is 6.25. The van der Waals surface area contributed by atoms with Gasteiger partial charge in [-0.1, -0.05) is 32.9 Å². The minimum absolute atomic E-state index is 0.167. The van der Waals surface area contributed by atoms with Crippen molar-refractivity contribution in [3.05, 3.63) is 35.4 Å². The van der Waals surface area contributed by atoms with E-state index < -0.39 is 0 Å². The Kier molecular flexibility index (Phi) is 4.64. The molecular formula is C18H24O2. The molecule has 0 saturated carbocycles. The van der Waals surface area contributed by atoms with E-state index in [1.165, 1.54) is 12.8 Å². The number of ether oxygens (including phenoxy) is 1. The molecule has 2 rings (SSSR count). The molecule has 108 valence electrons. The molecule has 0 atom stereocenters. The van der Waals surface area contributed by atoms with Gasteiger partial charge in [0.1, 0.15) is 5.75 Å². The van der Waals surface area contributed by atoms with Crippen LogP contribution in [0.15, 0.2) is 24.3 Å². The fourth-order valence-electron chi connectivity index (χ4n) is 2.36. The third-order valence-corrected chi connectivity index (χ3v) is 3.52. The lowest BCUT2D eigenvalue weighted by Crippen LogP contribution is -2.07. The Morgan fingerprint density at radius 3 is 2.70 bits per heavy atom. The highest BCUT2D eigenvalue weighted by atomic mass is 16.5. The number of rotatable bonds is 5. The van der Waals surface area contributed by atoms with E-state index >= 15 is 0 Å². The van der Waals surface area contributed by atoms with Crippen LogP contribution in [0.4, 0.5) is 0 Å². The van der Waals surface area contributed by atoms with Gasteiger partial charge in [-0.25, -0.2) is 0 Å². The van der Waals surface area contributed by atoms with Crippen LogP contribution in [0, 0.1) is 5.41 Å². The van der Waals surface area contributed by atoms with Gasteiger partial charge in [-0.15, -0.1) is 0 Å². The fourth-order valence-corrected chi connectivity index (χ4v) is 2.36. The number of unbranched alkanes of at least 4 members (excludes halogenated alkanes) is 1. The Balaban J connectivity index is 1.81. The monoisotopic (exact) mass is 272 g/mol. The molecule has 0 heterocycles. The number of benzene rings is 1. The van der Waals surface area contributed by atoms with Crippen molar-refractivity contribution in [2.24, 2.45) is 5.41 Å². The molecule has 0 bridgehead atoms. The maximum atomic E-state index is 11.4. The second-order valence-electron chi connectivity index (χ2n) is 6.70. The highest BCUT2D eigenvalue weighted by Gasteiger charge is 2.11. The van der Waals surface area contributed by atoms with Crippen LogP contribution >= 0.6 is 0 Å². The summed E-state index contributed by atoms with van der Waals surface area (Å²) in [5.74, 6) is 1.04. The zero-order valence-corrected chi connectivity index (χ0v) is 12.7. The van der Waals surface area contributed by atoms with Crippen molar-refractivity contribution in [1.82, 2.24) is 0 Å². The molecule has 0 aromatic heterocycles. The number of carbonyl (C=O) groups excluding carboxylic acids is 1. The molecule has 1 aromatic carbocycles. The minimum atomic E-state index is 0.167. The Morgan fingerprint density at radius 2 is 1.95 bits per heavy atom. The number of carbonyl (C=O) groups is 1. The number of hydrogen-bond donors (Lipinski definition) is 0. The molecule has 0 aliphatic heterocycles. The smallest absolute Gasteiger partial charge is 0.160 e. The van der Waals surface area contributed by atoms with E-state index in [9.17, 15) is 4.79 Å². The van der Waals surface area contributed by atoms with Gasteiger partial charge in [0, 0.05) is 6.42 Å². The van der Waals surface area contributed by atoms with Crippen LogP contribution < -0.4 is 4.74 Å². The van der Waals surface area contributed by atoms with E-state index in [2.05, 4.69) is 20.8 Å². The van der Waals surface area contributed by atoms with Gasteiger partial charge in [0.2, 0.25) is 0 Å². The van der Waals surface area contributed by atoms with E-state index in [0.29, 0.717) is 11.8 Å². The molecule has 1 aliphatic rings. The lowest BCUT2D eigenvalue weighted by atomic mass is 9.90. The first-order chi connectivity index (χ1) is 9.44. The van der Waals surface area contributed by atoms with Gasteiger partial charge in [-0.2, -0.15) is 0 Å². The molecule has 0 fully saturated rings. The molecule has 0 N–H and O–H groups in total. The maximum absolute atomic E-state index is 11.4. The minimum Gasteiger partial charge on any atom is -0.494 e. The van der Waals surface area contributed by atoms with Crippen LogP contribution in [-0.2, 0) is 11.2 Å². The zero-order chi connectivity index (χ0) is 14.6. The summed E-state index contributed by atoms with van der Waals surface area (Å²) in [5.41, 5.74) is 2.60. The number of allylic oxidation sites excluding steroid dienone is 1. The normalized spacial score (nSPS) is 14.2. The average Bonchev–Trinajstić information content (AvgIpc) is 2.36. The molecular weight excluding hydrogens is 248 g/mol. The van der Waals surface area contributed by atoms with Crippen molar-refractivity contribution in [1.29, 1.82) is 0 Å². The second-order valence-corrected chi connectivity index (χ2v) is 6.70. The van der Waals surface area contributed by atoms with E-state index in [1.54, 1.807) is 6.08 Å². The maximum Gasteiger partial charge on any atom is 0.160 e. The molecule has 0 spiro atoms. The summed E-state index contributed by atoms with van der Waals surface area (Å²) in [5, 5.41) is 0. The predicted octanol–water partition coefficient (Wildman–Crippen LogP) is 4.42. The van der Waals surface area contributed by atoms with Crippen LogP contribution in [0.3, 0.4) is 0 Å². The average molecular weight is 272 g/mol. The zero-order valence-electron chi connectivity index (χ0n) is 12.7. The third kappa shape index (κ3) is 4.52. The van der Waals surface area contributed by atoms with Gasteiger partial charge >= 0.3 is 0 Å². The Labute approximate surface area is 121 Å². The molecule has 0 amide bonds. The fraction of sp³-hybridized carbons (Fsp3) is 0.500. The van der Waals surface area contributed by atoms with Gasteiger partial charge in [-0.3, -0.25) is 4.79 Å². The summed E-state index contributed by atoms with van der Waals surface area (Å²) in [6.45, 7) is 7.55. The summed E-state index contributed by atoms with van der Waals surface area (Å²) in [6.07, 6.45) is 7.51. The SMILES string of the molecule is CC(C)(C)CCCCOc1ccc2c(c1)CC(=O)C=C2. The topological polar surface area (TPSA) is 26.3 Å². The first-order valence-corrected chi connectivity index (χ1v) is 7.41. The third-order valence-electron chi connectivity index (χ3n) is 3.52. The Bertz CT molecular complexity index is 507. The summed E-state index contributed by atoms with van der Waals surface area (Å²) >= 11 is 0. The first-order valence-electron chi connectivity index (χ1n) is 7.41. The van der Waals surface area contributed by atoms with Crippen molar-refractivity contribution in [2.75, 3.05) is 6.61 Å². The van der Waals surface area contributed by atoms with E-state index in [4.69, 9.17) is 4.74 Å². The van der Waals surface area contributed by atoms with Crippen molar-refractivity contribution in [3.63, 3.8) is 0 Å². The Morgan fingerprint density at radius 1 is 1.15 bits per heavy atom. The van der Waals surface area contributed by atoms with Crippen molar-refractivity contribution in [3.8, 4) is 5.75 Å². The molecule has 1 aromatic rings. The van der Waals surface area contributed by atoms with Crippen molar-refractivity contribution >= 4 is 11.9 Å². The highest BCUT2D eigenvalue weighted by Crippen LogP contribution is 2.24. The molecule has 2 nitrogen and oxygen atoms in total. The number of hydrogen-bond acceptors (Lipinski definition) is 2. The van der Waals surface area contributed by atoms with Crippen LogP contribution in [0.25, 0.3) is 6.08 Å². The van der Waals surface area contributed by atoms with Gasteiger partial charge in [-0.05, 0) is 54.0 Å². The van der Waals surface area contributed by atoms with E-state index in [-0.39, 0.29) is 5.78 Å². The molecule has 2 heteroatoms. The van der Waals surface area contributed by atoms with Crippen molar-refractivity contribution in [2.45, 2.75) is 46.5 Å². The molecule has 0 unspecified atom stereocenters. The van der Waals surface area contributed by atoms with Gasteiger partial charge < -0.3 is 4.74 Å². The largest absolute Gasteiger partial charge is 0.494 e. The highest BCUT2D eigenvalue weighted by molar-refractivity contribution is 5.98. The van der Waals surface area contributed by atoms with E-state index in [1.807, 2.05) is 24.3 Å². The first kappa shape index (κ1) is 14.8. The summed E-state index contributed by atoms with van der Waals surface area (Å²) in [4.78, 5) is 11.4. The molecule has 0 saturated heterocycles. The van der Waals surface area contributed by atoms with Gasteiger partial charge in [0.15, 0.2) is 5.78 Å². The van der Waals surface area contributed by atoms with E-state index in [0.717, 1.165) is 29.9 Å². The Hall–Kier alpha value is -1.57. The summed E-state index contributed by atoms with van der Waals surface area (Å²) in [7, 11) is 0. The molecule has 1 aliphatic carbocycles. The van der Waals surface area contributed by atoms with Crippen LogP contribution in [0.2, 0.25) is 0 Å². The number of ketones is 1. The standard InChI is InChI=1S/C18H24O2/c1-18(2,3)10-4-5-11-20-17-9-7-14-6-8-16(19)12-15(14)13-17/h6-9,13H,4-5,10-12H2,1-3H3. The van der Waals surface area contributed by atoms with Crippen molar-refractivity contribution < 1.29 is 9.53 Å². The van der Waals surface area contributed by atoms with Gasteiger partial charge in [0.05, 0.1) is 6.61 Å². The predicted molar refractivity (Wildman–Crippen MR) is 83.0 cm³/mol. The molecule has 20 heavy (non-hydrogen) atoms. The summed E-state index contributed by atoms with van der Waals surface area (Å²) in [6, 6.07) is 6.02.